The molecule has 1 N–H and O–H groups in total. The summed E-state index contributed by atoms with van der Waals surface area (Å²) in [6.45, 7) is 4.52. The first-order valence-corrected chi connectivity index (χ1v) is 7.37. The van der Waals surface area contributed by atoms with Crippen molar-refractivity contribution >= 4 is 23.2 Å². The summed E-state index contributed by atoms with van der Waals surface area (Å²) in [6.07, 6.45) is 2.69. The van der Waals surface area contributed by atoms with Crippen LogP contribution in [0.15, 0.2) is 18.2 Å². The number of rotatable bonds is 2. The fourth-order valence-corrected chi connectivity index (χ4v) is 3.48. The van der Waals surface area contributed by atoms with Crippen molar-refractivity contribution in [3.05, 3.63) is 33.8 Å². The van der Waals surface area contributed by atoms with Crippen molar-refractivity contribution in [1.29, 1.82) is 0 Å². The molecule has 1 aromatic carbocycles. The molecule has 2 fully saturated rings. The molecule has 0 spiro atoms. The molecule has 2 saturated heterocycles. The maximum Gasteiger partial charge on any atom is 0.0595 e. The van der Waals surface area contributed by atoms with Gasteiger partial charge in [0.15, 0.2) is 0 Å². The number of hydrogen-bond acceptors (Lipinski definition) is 2. The minimum absolute atomic E-state index is 0.636. The van der Waals surface area contributed by atoms with E-state index in [1.165, 1.54) is 31.5 Å². The minimum atomic E-state index is 0.636. The van der Waals surface area contributed by atoms with Crippen LogP contribution in [-0.4, -0.2) is 30.6 Å². The first-order valence-electron chi connectivity index (χ1n) is 6.62. The van der Waals surface area contributed by atoms with Gasteiger partial charge in [-0.1, -0.05) is 29.3 Å². The highest BCUT2D eigenvalue weighted by atomic mass is 35.5. The monoisotopic (exact) mass is 284 g/mol. The number of hydrogen-bond donors (Lipinski definition) is 1. The molecule has 3 rings (SSSR count). The van der Waals surface area contributed by atoms with E-state index in [-0.39, 0.29) is 0 Å². The molecule has 2 aliphatic rings. The Bertz CT molecular complexity index is 422. The Hall–Kier alpha value is -0.280. The third-order valence-electron chi connectivity index (χ3n) is 4.07. The van der Waals surface area contributed by atoms with E-state index in [1.54, 1.807) is 0 Å². The van der Waals surface area contributed by atoms with Crippen LogP contribution in [0.5, 0.6) is 0 Å². The largest absolute Gasteiger partial charge is 0.312 e. The smallest absolute Gasteiger partial charge is 0.0595 e. The van der Waals surface area contributed by atoms with Crippen LogP contribution in [0.25, 0.3) is 0 Å². The summed E-state index contributed by atoms with van der Waals surface area (Å²) in [5, 5.41) is 4.92. The van der Waals surface area contributed by atoms with Crippen molar-refractivity contribution in [2.45, 2.75) is 25.4 Å². The highest BCUT2D eigenvalue weighted by molar-refractivity contribution is 6.42. The standard InChI is InChI=1S/C14H18Cl2N2/c15-12-4-3-10(6-13(12)16)7-18-8-11-2-1-5-17-14(11)9-18/h3-4,6,11,14,17H,1-2,5,7-9H2. The Kier molecular flexibility index (Phi) is 3.81. The molecule has 0 bridgehead atoms. The maximum absolute atomic E-state index is 6.06. The Morgan fingerprint density at radius 1 is 1.22 bits per heavy atom. The maximum atomic E-state index is 6.06. The molecule has 2 atom stereocenters. The van der Waals surface area contributed by atoms with Crippen LogP contribution < -0.4 is 5.32 Å². The normalized spacial score (nSPS) is 28.3. The van der Waals surface area contributed by atoms with E-state index >= 15 is 0 Å². The van der Waals surface area contributed by atoms with Gasteiger partial charge in [0.25, 0.3) is 0 Å². The second kappa shape index (κ2) is 5.38. The predicted octanol–water partition coefficient (Wildman–Crippen LogP) is 3.18. The fourth-order valence-electron chi connectivity index (χ4n) is 3.16. The molecule has 2 unspecified atom stereocenters. The zero-order valence-electron chi connectivity index (χ0n) is 10.3. The summed E-state index contributed by atoms with van der Waals surface area (Å²) < 4.78 is 0. The second-order valence-electron chi connectivity index (χ2n) is 5.41. The van der Waals surface area contributed by atoms with Crippen LogP contribution in [0.4, 0.5) is 0 Å². The summed E-state index contributed by atoms with van der Waals surface area (Å²) in [7, 11) is 0. The van der Waals surface area contributed by atoms with Gasteiger partial charge in [0.1, 0.15) is 0 Å². The Balaban J connectivity index is 1.64. The first kappa shape index (κ1) is 12.7. The van der Waals surface area contributed by atoms with Crippen LogP contribution in [0.1, 0.15) is 18.4 Å². The van der Waals surface area contributed by atoms with Crippen molar-refractivity contribution in [2.24, 2.45) is 5.92 Å². The molecule has 2 nitrogen and oxygen atoms in total. The Labute approximate surface area is 118 Å². The average molecular weight is 285 g/mol. The van der Waals surface area contributed by atoms with Gasteiger partial charge in [0.2, 0.25) is 0 Å². The van der Waals surface area contributed by atoms with Gasteiger partial charge in [0, 0.05) is 25.7 Å². The molecule has 4 heteroatoms. The van der Waals surface area contributed by atoms with E-state index in [0.717, 1.165) is 19.0 Å². The average Bonchev–Trinajstić information content (AvgIpc) is 2.76. The summed E-state index contributed by atoms with van der Waals surface area (Å²) in [4.78, 5) is 2.52. The molecular formula is C14H18Cl2N2. The van der Waals surface area contributed by atoms with E-state index < -0.39 is 0 Å². The van der Waals surface area contributed by atoms with Crippen molar-refractivity contribution in [3.8, 4) is 0 Å². The van der Waals surface area contributed by atoms with E-state index in [1.807, 2.05) is 12.1 Å². The highest BCUT2D eigenvalue weighted by Crippen LogP contribution is 2.28. The number of nitrogens with zero attached hydrogens (tertiary/aromatic N) is 1. The molecule has 0 saturated carbocycles. The molecule has 2 aliphatic heterocycles. The highest BCUT2D eigenvalue weighted by Gasteiger charge is 2.33. The van der Waals surface area contributed by atoms with Crippen LogP contribution in [0.3, 0.4) is 0 Å². The molecule has 0 aromatic heterocycles. The first-order chi connectivity index (χ1) is 8.72. The van der Waals surface area contributed by atoms with E-state index in [0.29, 0.717) is 16.1 Å². The number of halogens is 2. The summed E-state index contributed by atoms with van der Waals surface area (Å²) in [5.41, 5.74) is 1.25. The lowest BCUT2D eigenvalue weighted by Crippen LogP contribution is -2.40. The van der Waals surface area contributed by atoms with Crippen molar-refractivity contribution < 1.29 is 0 Å². The van der Waals surface area contributed by atoms with Gasteiger partial charge in [-0.05, 0) is 43.0 Å². The van der Waals surface area contributed by atoms with Gasteiger partial charge in [-0.2, -0.15) is 0 Å². The SMILES string of the molecule is Clc1ccc(CN2CC3CCCNC3C2)cc1Cl. The van der Waals surface area contributed by atoms with E-state index in [2.05, 4.69) is 16.3 Å². The molecule has 98 valence electrons. The lowest BCUT2D eigenvalue weighted by Gasteiger charge is -2.24. The topological polar surface area (TPSA) is 15.3 Å². The van der Waals surface area contributed by atoms with Crippen molar-refractivity contribution in [3.63, 3.8) is 0 Å². The zero-order chi connectivity index (χ0) is 12.5. The van der Waals surface area contributed by atoms with Gasteiger partial charge < -0.3 is 5.32 Å². The van der Waals surface area contributed by atoms with Gasteiger partial charge in [-0.3, -0.25) is 4.90 Å². The molecule has 18 heavy (non-hydrogen) atoms. The van der Waals surface area contributed by atoms with Gasteiger partial charge in [-0.25, -0.2) is 0 Å². The van der Waals surface area contributed by atoms with Gasteiger partial charge in [0.05, 0.1) is 10.0 Å². The van der Waals surface area contributed by atoms with E-state index in [9.17, 15) is 0 Å². The molecule has 0 amide bonds. The molecule has 2 heterocycles. The minimum Gasteiger partial charge on any atom is -0.312 e. The Morgan fingerprint density at radius 3 is 2.89 bits per heavy atom. The third kappa shape index (κ3) is 2.67. The fraction of sp³-hybridized carbons (Fsp3) is 0.571. The number of benzene rings is 1. The van der Waals surface area contributed by atoms with Gasteiger partial charge >= 0.3 is 0 Å². The zero-order valence-corrected chi connectivity index (χ0v) is 11.8. The summed E-state index contributed by atoms with van der Waals surface area (Å²) >= 11 is 12.0. The number of likely N-dealkylation sites (tertiary alicyclic amines) is 1. The Morgan fingerprint density at radius 2 is 2.11 bits per heavy atom. The molecule has 1 aromatic rings. The summed E-state index contributed by atoms with van der Waals surface area (Å²) in [5.74, 6) is 0.835. The number of fused-ring (bicyclic) bond motifs is 1. The van der Waals surface area contributed by atoms with Gasteiger partial charge in [-0.15, -0.1) is 0 Å². The lowest BCUT2D eigenvalue weighted by molar-refractivity contribution is 0.312. The quantitative estimate of drug-likeness (QED) is 0.898. The van der Waals surface area contributed by atoms with Crippen molar-refractivity contribution in [1.82, 2.24) is 10.2 Å². The molecule has 0 radical (unpaired) electrons. The van der Waals surface area contributed by atoms with E-state index in [4.69, 9.17) is 23.2 Å². The molecule has 0 aliphatic carbocycles. The predicted molar refractivity (Wildman–Crippen MR) is 76.3 cm³/mol. The second-order valence-corrected chi connectivity index (χ2v) is 6.22. The lowest BCUT2D eigenvalue weighted by atomic mass is 9.94. The summed E-state index contributed by atoms with van der Waals surface area (Å²) in [6, 6.07) is 6.64. The third-order valence-corrected chi connectivity index (χ3v) is 4.80. The van der Waals surface area contributed by atoms with Crippen LogP contribution in [0.2, 0.25) is 10.0 Å². The van der Waals surface area contributed by atoms with Crippen LogP contribution >= 0.6 is 23.2 Å². The number of piperidine rings is 1. The van der Waals surface area contributed by atoms with Crippen molar-refractivity contribution in [2.75, 3.05) is 19.6 Å². The molecular weight excluding hydrogens is 267 g/mol. The number of nitrogens with one attached hydrogen (secondary N) is 1. The van der Waals surface area contributed by atoms with Crippen LogP contribution in [0, 0.1) is 5.92 Å². The van der Waals surface area contributed by atoms with Crippen LogP contribution in [-0.2, 0) is 6.54 Å².